The van der Waals surface area contributed by atoms with Gasteiger partial charge in [0.2, 0.25) is 5.88 Å². The van der Waals surface area contributed by atoms with E-state index in [0.29, 0.717) is 35.8 Å². The molecule has 4 rings (SSSR count). The maximum Gasteiger partial charge on any atom is 0.411 e. The molecule has 1 saturated heterocycles. The molecule has 0 unspecified atom stereocenters. The lowest BCUT2D eigenvalue weighted by Gasteiger charge is -2.23. The number of aryl methyl sites for hydroxylation is 2. The van der Waals surface area contributed by atoms with Crippen LogP contribution in [0.25, 0.3) is 16.8 Å². The van der Waals surface area contributed by atoms with Crippen molar-refractivity contribution in [3.8, 4) is 17.0 Å². The van der Waals surface area contributed by atoms with E-state index in [0.717, 1.165) is 29.5 Å². The second kappa shape index (κ2) is 8.39. The van der Waals surface area contributed by atoms with Gasteiger partial charge < -0.3 is 20.5 Å². The number of carbonyl (C=O) groups excluding carboxylic acids is 2. The Balaban J connectivity index is 1.68. The van der Waals surface area contributed by atoms with Crippen LogP contribution in [0, 0.1) is 6.92 Å². The van der Waals surface area contributed by atoms with Crippen LogP contribution in [-0.4, -0.2) is 50.6 Å². The third kappa shape index (κ3) is 3.86. The molecule has 1 atom stereocenters. The van der Waals surface area contributed by atoms with Crippen LogP contribution < -0.4 is 10.5 Å². The lowest BCUT2D eigenvalue weighted by molar-refractivity contribution is 0.0677. The van der Waals surface area contributed by atoms with Gasteiger partial charge in [0.05, 0.1) is 12.6 Å². The average Bonchev–Trinajstić information content (AvgIpc) is 3.38. The first-order valence-corrected chi connectivity index (χ1v) is 10.4. The molecule has 3 N–H and O–H groups in total. The van der Waals surface area contributed by atoms with Crippen molar-refractivity contribution in [3.05, 3.63) is 53.3 Å². The Morgan fingerprint density at radius 1 is 1.26 bits per heavy atom. The van der Waals surface area contributed by atoms with Crippen LogP contribution >= 0.6 is 0 Å². The highest BCUT2D eigenvalue weighted by molar-refractivity contribution is 5.95. The quantitative estimate of drug-likeness (QED) is 0.657. The number of fused-ring (bicyclic) bond motifs is 1. The molecular weight excluding hydrogens is 396 g/mol. The number of benzene rings is 1. The molecule has 0 bridgehead atoms. The lowest BCUT2D eigenvalue weighted by Crippen LogP contribution is -2.37. The number of pyridine rings is 1. The van der Waals surface area contributed by atoms with Gasteiger partial charge in [-0.3, -0.25) is 9.20 Å². The minimum Gasteiger partial charge on any atom is -0.394 e. The lowest BCUT2D eigenvalue weighted by atomic mass is 10.0. The highest BCUT2D eigenvalue weighted by atomic mass is 16.6. The zero-order valence-corrected chi connectivity index (χ0v) is 17.7. The van der Waals surface area contributed by atoms with Crippen LogP contribution in [0.4, 0.5) is 4.79 Å². The summed E-state index contributed by atoms with van der Waals surface area (Å²) in [5, 5.41) is 9.49. The number of hydrogen-bond donors (Lipinski definition) is 2. The van der Waals surface area contributed by atoms with Gasteiger partial charge >= 0.3 is 6.09 Å². The highest BCUT2D eigenvalue weighted by Crippen LogP contribution is 2.29. The minimum absolute atomic E-state index is 0.0104. The maximum absolute atomic E-state index is 12.8. The van der Waals surface area contributed by atoms with E-state index in [2.05, 4.69) is 4.98 Å². The molecule has 8 nitrogen and oxygen atoms in total. The summed E-state index contributed by atoms with van der Waals surface area (Å²) < 4.78 is 6.97. The van der Waals surface area contributed by atoms with Crippen LogP contribution in [0.2, 0.25) is 0 Å². The third-order valence-electron chi connectivity index (χ3n) is 5.77. The van der Waals surface area contributed by atoms with E-state index in [4.69, 9.17) is 10.5 Å². The average molecular weight is 422 g/mol. The summed E-state index contributed by atoms with van der Waals surface area (Å²) in [5.74, 6) is 0.264. The van der Waals surface area contributed by atoms with Crippen molar-refractivity contribution in [3.63, 3.8) is 0 Å². The van der Waals surface area contributed by atoms with E-state index in [1.807, 2.05) is 38.2 Å². The van der Waals surface area contributed by atoms with E-state index < -0.39 is 6.09 Å². The van der Waals surface area contributed by atoms with E-state index in [9.17, 15) is 14.7 Å². The fraction of sp³-hybridized carbons (Fsp3) is 0.348. The van der Waals surface area contributed by atoms with Crippen molar-refractivity contribution in [1.29, 1.82) is 0 Å². The SMILES string of the molecule is CCc1nc2c(C)cc(-c3ccc(C(=O)N4CCC[C@H]4CO)cc3)cn2c1OC(N)=O. The van der Waals surface area contributed by atoms with Crippen LogP contribution in [-0.2, 0) is 6.42 Å². The normalized spacial score (nSPS) is 16.1. The zero-order valence-electron chi connectivity index (χ0n) is 17.7. The number of ether oxygens (including phenoxy) is 1. The monoisotopic (exact) mass is 422 g/mol. The van der Waals surface area contributed by atoms with Crippen LogP contribution in [0.1, 0.15) is 41.4 Å². The Kier molecular flexibility index (Phi) is 5.65. The first kappa shape index (κ1) is 20.9. The molecular formula is C23H26N4O4. The number of primary amides is 1. The van der Waals surface area contributed by atoms with Gasteiger partial charge in [0.15, 0.2) is 0 Å². The van der Waals surface area contributed by atoms with Gasteiger partial charge in [-0.2, -0.15) is 0 Å². The number of hydrogen-bond acceptors (Lipinski definition) is 5. The fourth-order valence-electron chi connectivity index (χ4n) is 4.19. The van der Waals surface area contributed by atoms with Crippen LogP contribution in [0.15, 0.2) is 36.5 Å². The van der Waals surface area contributed by atoms with Gasteiger partial charge in [0, 0.05) is 18.3 Å². The molecule has 1 aromatic carbocycles. The van der Waals surface area contributed by atoms with Crippen molar-refractivity contribution in [1.82, 2.24) is 14.3 Å². The van der Waals surface area contributed by atoms with E-state index >= 15 is 0 Å². The van der Waals surface area contributed by atoms with Gasteiger partial charge in [0.25, 0.3) is 5.91 Å². The molecule has 0 radical (unpaired) electrons. The topological polar surface area (TPSA) is 110 Å². The molecule has 1 aliphatic heterocycles. The van der Waals surface area contributed by atoms with E-state index in [-0.39, 0.29) is 18.6 Å². The van der Waals surface area contributed by atoms with Gasteiger partial charge in [-0.05, 0) is 61.1 Å². The Morgan fingerprint density at radius 2 is 2.00 bits per heavy atom. The highest BCUT2D eigenvalue weighted by Gasteiger charge is 2.28. The Labute approximate surface area is 180 Å². The van der Waals surface area contributed by atoms with Crippen molar-refractivity contribution in [2.24, 2.45) is 5.73 Å². The smallest absolute Gasteiger partial charge is 0.394 e. The molecule has 0 spiro atoms. The Bertz CT molecular complexity index is 1140. The van der Waals surface area contributed by atoms with E-state index in [1.165, 1.54) is 0 Å². The predicted molar refractivity (Wildman–Crippen MR) is 116 cm³/mol. The van der Waals surface area contributed by atoms with Gasteiger partial charge in [-0.25, -0.2) is 9.78 Å². The van der Waals surface area contributed by atoms with E-state index in [1.54, 1.807) is 21.4 Å². The molecule has 1 fully saturated rings. The summed E-state index contributed by atoms with van der Waals surface area (Å²) in [5.41, 5.74) is 9.94. The fourth-order valence-corrected chi connectivity index (χ4v) is 4.19. The predicted octanol–water partition coefficient (Wildman–Crippen LogP) is 2.93. The second-order valence-corrected chi connectivity index (χ2v) is 7.80. The summed E-state index contributed by atoms with van der Waals surface area (Å²) in [4.78, 5) is 30.5. The van der Waals surface area contributed by atoms with Crippen LogP contribution in [0.5, 0.6) is 5.88 Å². The van der Waals surface area contributed by atoms with Gasteiger partial charge in [-0.15, -0.1) is 0 Å². The molecule has 2 amide bonds. The number of aliphatic hydroxyl groups is 1. The zero-order chi connectivity index (χ0) is 22.1. The van der Waals surface area contributed by atoms with Gasteiger partial charge in [-0.1, -0.05) is 19.1 Å². The molecule has 3 heterocycles. The number of rotatable bonds is 5. The van der Waals surface area contributed by atoms with Crippen molar-refractivity contribution >= 4 is 17.6 Å². The number of nitrogens with two attached hydrogens (primary N) is 1. The maximum atomic E-state index is 12.8. The molecule has 0 saturated carbocycles. The number of carbonyl (C=O) groups is 2. The molecule has 1 aliphatic rings. The molecule has 31 heavy (non-hydrogen) atoms. The first-order chi connectivity index (χ1) is 14.9. The summed E-state index contributed by atoms with van der Waals surface area (Å²) in [6, 6.07) is 9.30. The third-order valence-corrected chi connectivity index (χ3v) is 5.77. The Morgan fingerprint density at radius 3 is 2.65 bits per heavy atom. The van der Waals surface area contributed by atoms with Crippen molar-refractivity contribution < 1.29 is 19.4 Å². The number of imidazole rings is 1. The number of nitrogens with zero attached hydrogens (tertiary/aromatic N) is 3. The molecule has 0 aliphatic carbocycles. The number of aromatic nitrogens is 2. The van der Waals surface area contributed by atoms with Crippen molar-refractivity contribution in [2.45, 2.75) is 39.2 Å². The summed E-state index contributed by atoms with van der Waals surface area (Å²) in [6.07, 6.45) is 3.31. The Hall–Kier alpha value is -3.39. The second-order valence-electron chi connectivity index (χ2n) is 7.80. The minimum atomic E-state index is -0.884. The van der Waals surface area contributed by atoms with Crippen molar-refractivity contribution in [2.75, 3.05) is 13.2 Å². The molecule has 162 valence electrons. The number of amides is 2. The van der Waals surface area contributed by atoms with Crippen LogP contribution in [0.3, 0.4) is 0 Å². The first-order valence-electron chi connectivity index (χ1n) is 10.4. The van der Waals surface area contributed by atoms with Gasteiger partial charge in [0.1, 0.15) is 11.3 Å². The molecule has 3 aromatic rings. The standard InChI is InChI=1S/C23H26N4O4/c1-3-19-22(31-23(24)30)27-12-17(11-14(2)20(27)25-19)15-6-8-16(9-7-15)21(29)26-10-4-5-18(26)13-28/h6-9,11-12,18,28H,3-5,10,13H2,1-2H3,(H2,24,30)/t18-/m0/s1. The summed E-state index contributed by atoms with van der Waals surface area (Å²) >= 11 is 0. The number of likely N-dealkylation sites (tertiary alicyclic amines) is 1. The molecule has 2 aromatic heterocycles. The molecule has 8 heteroatoms. The number of aliphatic hydroxyl groups excluding tert-OH is 1. The largest absolute Gasteiger partial charge is 0.411 e. The summed E-state index contributed by atoms with van der Waals surface area (Å²) in [6.45, 7) is 4.54. The summed E-state index contributed by atoms with van der Waals surface area (Å²) in [7, 11) is 0.